The number of hydrogen-bond acceptors (Lipinski definition) is 9. The van der Waals surface area contributed by atoms with Crippen molar-refractivity contribution in [1.29, 1.82) is 0 Å². The largest absolute Gasteiger partial charge is 0.379 e. The van der Waals surface area contributed by atoms with Crippen LogP contribution in [-0.2, 0) is 42.6 Å². The molecule has 10 heteroatoms. The van der Waals surface area contributed by atoms with Crippen molar-refractivity contribution in [3.05, 3.63) is 0 Å². The summed E-state index contributed by atoms with van der Waals surface area (Å²) in [6, 6.07) is 0. The van der Waals surface area contributed by atoms with Gasteiger partial charge in [-0.3, -0.25) is 0 Å². The molecule has 0 aromatic rings. The number of halogens is 1. The molecule has 0 N–H and O–H groups in total. The van der Waals surface area contributed by atoms with Crippen LogP contribution in [0.3, 0.4) is 0 Å². The third-order valence-electron chi connectivity index (χ3n) is 5.25. The van der Waals surface area contributed by atoms with E-state index in [0.717, 1.165) is 26.1 Å². The maximum absolute atomic E-state index is 5.55. The summed E-state index contributed by atoms with van der Waals surface area (Å²) in [5, 5.41) is 0. The van der Waals surface area contributed by atoms with Gasteiger partial charge >= 0.3 is 0 Å². The van der Waals surface area contributed by atoms with Gasteiger partial charge in [0.05, 0.1) is 106 Å². The van der Waals surface area contributed by atoms with E-state index in [1.165, 1.54) is 23.7 Å². The first kappa shape index (κ1) is 37.4. The fraction of sp³-hybridized carbons (Fsp3) is 1.00. The van der Waals surface area contributed by atoms with Gasteiger partial charge < -0.3 is 42.6 Å². The Labute approximate surface area is 240 Å². The summed E-state index contributed by atoms with van der Waals surface area (Å²) < 4.78 is 50.6. The van der Waals surface area contributed by atoms with E-state index in [1.54, 1.807) is 0 Å². The Morgan fingerprint density at radius 3 is 1.03 bits per heavy atom. The van der Waals surface area contributed by atoms with Gasteiger partial charge in [0, 0.05) is 13.2 Å². The van der Waals surface area contributed by atoms with E-state index in [9.17, 15) is 0 Å². The topological polar surface area (TPSA) is 83.1 Å². The maximum Gasteiger partial charge on any atom is 0.0701 e. The third kappa shape index (κ3) is 34.3. The second-order valence-electron chi connectivity index (χ2n) is 8.59. The van der Waals surface area contributed by atoms with Gasteiger partial charge in [0.1, 0.15) is 0 Å². The molecule has 0 spiro atoms. The minimum atomic E-state index is 0.541. The van der Waals surface area contributed by atoms with E-state index in [1.807, 2.05) is 0 Å². The summed E-state index contributed by atoms with van der Waals surface area (Å²) in [5.74, 6) is 0.606. The predicted molar refractivity (Wildman–Crippen MR) is 154 cm³/mol. The summed E-state index contributed by atoms with van der Waals surface area (Å²) in [4.78, 5) is 0. The molecule has 0 aliphatic carbocycles. The Balaban J connectivity index is 3.02. The minimum absolute atomic E-state index is 0.541. The van der Waals surface area contributed by atoms with Gasteiger partial charge in [-0.25, -0.2) is 0 Å². The summed E-state index contributed by atoms with van der Waals surface area (Å²) in [7, 11) is 0. The molecule has 0 amide bonds. The van der Waals surface area contributed by atoms with Gasteiger partial charge in [-0.05, 0) is 23.2 Å². The lowest BCUT2D eigenvalue weighted by Crippen LogP contribution is -2.15. The molecule has 0 radical (unpaired) electrons. The van der Waals surface area contributed by atoms with Crippen LogP contribution in [0.25, 0.3) is 0 Å². The highest BCUT2D eigenvalue weighted by Gasteiger charge is 1.98. The van der Waals surface area contributed by atoms with Crippen molar-refractivity contribution in [2.24, 2.45) is 5.92 Å². The molecule has 0 aromatic heterocycles. The number of alkyl halides is 1. The van der Waals surface area contributed by atoms with Gasteiger partial charge in [0.25, 0.3) is 0 Å². The Kier molecular flexibility index (Phi) is 34.7. The molecule has 224 valence electrons. The predicted octanol–water partition coefficient (Wildman–Crippen LogP) is 4.18. The van der Waals surface area contributed by atoms with Crippen LogP contribution in [-0.4, -0.2) is 123 Å². The van der Waals surface area contributed by atoms with Crippen molar-refractivity contribution >= 4 is 22.6 Å². The van der Waals surface area contributed by atoms with Gasteiger partial charge in [-0.2, -0.15) is 0 Å². The van der Waals surface area contributed by atoms with Crippen LogP contribution < -0.4 is 0 Å². The minimum Gasteiger partial charge on any atom is -0.379 e. The maximum atomic E-state index is 5.55. The number of ether oxygens (including phenoxy) is 9. The molecule has 0 aliphatic heterocycles. The van der Waals surface area contributed by atoms with Crippen molar-refractivity contribution in [2.45, 2.75) is 46.0 Å². The SMILES string of the molecule is CCC(C)COCCOCCOCCOCCOCCOCCOCCOCCOCCCCCCI. The fourth-order valence-corrected chi connectivity index (χ4v) is 3.35. The van der Waals surface area contributed by atoms with Crippen LogP contribution in [0.4, 0.5) is 0 Å². The van der Waals surface area contributed by atoms with Gasteiger partial charge in [0.2, 0.25) is 0 Å². The zero-order valence-corrected chi connectivity index (χ0v) is 25.8. The lowest BCUT2D eigenvalue weighted by atomic mass is 10.1. The summed E-state index contributed by atoms with van der Waals surface area (Å²) >= 11 is 2.42. The summed E-state index contributed by atoms with van der Waals surface area (Å²) in [6.45, 7) is 15.1. The van der Waals surface area contributed by atoms with Gasteiger partial charge in [-0.1, -0.05) is 55.7 Å². The van der Waals surface area contributed by atoms with E-state index in [2.05, 4.69) is 36.4 Å². The Morgan fingerprint density at radius 2 is 0.703 bits per heavy atom. The first-order valence-corrected chi connectivity index (χ1v) is 15.6. The van der Waals surface area contributed by atoms with Crippen molar-refractivity contribution < 1.29 is 42.6 Å². The molecular formula is C27H55IO9. The van der Waals surface area contributed by atoms with Crippen molar-refractivity contribution in [3.8, 4) is 0 Å². The molecule has 1 unspecified atom stereocenters. The van der Waals surface area contributed by atoms with E-state index in [-0.39, 0.29) is 0 Å². The highest BCUT2D eigenvalue weighted by Crippen LogP contribution is 2.02. The molecule has 0 saturated carbocycles. The molecule has 0 fully saturated rings. The normalized spacial score (nSPS) is 12.4. The van der Waals surface area contributed by atoms with Crippen molar-refractivity contribution in [1.82, 2.24) is 0 Å². The number of rotatable bonds is 33. The first-order valence-electron chi connectivity index (χ1n) is 14.1. The molecule has 37 heavy (non-hydrogen) atoms. The second-order valence-corrected chi connectivity index (χ2v) is 9.67. The van der Waals surface area contributed by atoms with Crippen LogP contribution >= 0.6 is 22.6 Å². The zero-order valence-electron chi connectivity index (χ0n) is 23.6. The second kappa shape index (κ2) is 34.4. The van der Waals surface area contributed by atoms with Crippen molar-refractivity contribution in [3.63, 3.8) is 0 Å². The molecule has 9 nitrogen and oxygen atoms in total. The van der Waals surface area contributed by atoms with Crippen LogP contribution in [0.1, 0.15) is 46.0 Å². The summed E-state index contributed by atoms with van der Waals surface area (Å²) in [5.41, 5.74) is 0. The van der Waals surface area contributed by atoms with Crippen LogP contribution in [0.15, 0.2) is 0 Å². The fourth-order valence-electron chi connectivity index (χ4n) is 2.81. The van der Waals surface area contributed by atoms with Gasteiger partial charge in [-0.15, -0.1) is 0 Å². The van der Waals surface area contributed by atoms with E-state index >= 15 is 0 Å². The molecule has 0 aromatic carbocycles. The van der Waals surface area contributed by atoms with E-state index < -0.39 is 0 Å². The highest BCUT2D eigenvalue weighted by atomic mass is 127. The average molecular weight is 651 g/mol. The molecule has 0 rings (SSSR count). The number of unbranched alkanes of at least 4 members (excludes halogenated alkanes) is 3. The first-order chi connectivity index (χ1) is 18.3. The number of hydrogen-bond donors (Lipinski definition) is 0. The molecular weight excluding hydrogens is 595 g/mol. The van der Waals surface area contributed by atoms with Crippen LogP contribution in [0.5, 0.6) is 0 Å². The van der Waals surface area contributed by atoms with Gasteiger partial charge in [0.15, 0.2) is 0 Å². The monoisotopic (exact) mass is 650 g/mol. The molecule has 1 atom stereocenters. The standard InChI is InChI=1S/C27H55IO9/c1-3-27(2)26-37-25-24-36-23-22-35-21-20-34-19-18-33-17-16-32-15-14-31-13-12-30-11-10-29-9-7-5-4-6-8-28/h27H,3-26H2,1-2H3. The average Bonchev–Trinajstić information content (AvgIpc) is 2.91. The van der Waals surface area contributed by atoms with Crippen molar-refractivity contribution in [2.75, 3.05) is 123 Å². The van der Waals surface area contributed by atoms with E-state index in [4.69, 9.17) is 42.6 Å². The third-order valence-corrected chi connectivity index (χ3v) is 6.01. The quantitative estimate of drug-likeness (QED) is 0.0591. The Morgan fingerprint density at radius 1 is 0.405 bits per heavy atom. The molecule has 0 saturated heterocycles. The zero-order chi connectivity index (χ0) is 26.9. The van der Waals surface area contributed by atoms with E-state index in [0.29, 0.717) is 112 Å². The Hall–Kier alpha value is 0.370. The smallest absolute Gasteiger partial charge is 0.0701 e. The summed E-state index contributed by atoms with van der Waals surface area (Å²) in [6.07, 6.45) is 6.14. The lowest BCUT2D eigenvalue weighted by molar-refractivity contribution is -0.0255. The lowest BCUT2D eigenvalue weighted by Gasteiger charge is -2.10. The molecule has 0 bridgehead atoms. The van der Waals surface area contributed by atoms with Crippen LogP contribution in [0.2, 0.25) is 0 Å². The Bertz CT molecular complexity index is 408. The van der Waals surface area contributed by atoms with Crippen LogP contribution in [0, 0.1) is 5.92 Å². The molecule has 0 aliphatic rings. The highest BCUT2D eigenvalue weighted by molar-refractivity contribution is 14.1. The molecule has 0 heterocycles.